The number of carbonyl (C=O) groups excluding carboxylic acids is 1. The summed E-state index contributed by atoms with van der Waals surface area (Å²) in [5.41, 5.74) is 0. The quantitative estimate of drug-likeness (QED) is 0.638. The molecule has 0 saturated heterocycles. The molecule has 0 heterocycles. The zero-order chi connectivity index (χ0) is 12.4. The molecule has 96 valence electrons. The molecule has 0 aromatic rings. The van der Waals surface area contributed by atoms with Crippen molar-refractivity contribution in [3.05, 3.63) is 0 Å². The van der Waals surface area contributed by atoms with Gasteiger partial charge in [-0.1, -0.05) is 0 Å². The fourth-order valence-electron chi connectivity index (χ4n) is 1.10. The molecule has 0 saturated carbocycles. The summed E-state index contributed by atoms with van der Waals surface area (Å²) in [6, 6.07) is 0. The minimum Gasteiger partial charge on any atom is -0.450 e. The number of nitrogens with one attached hydrogen (secondary N) is 1. The van der Waals surface area contributed by atoms with E-state index in [9.17, 15) is 4.79 Å². The van der Waals surface area contributed by atoms with Gasteiger partial charge in [-0.2, -0.15) is 0 Å². The summed E-state index contributed by atoms with van der Waals surface area (Å²) < 4.78 is 20.4. The topological polar surface area (TPSA) is 66.0 Å². The molecule has 0 aliphatic carbocycles. The van der Waals surface area contributed by atoms with E-state index < -0.39 is 18.6 Å². The van der Waals surface area contributed by atoms with Gasteiger partial charge in [-0.3, -0.25) is 5.32 Å². The van der Waals surface area contributed by atoms with Gasteiger partial charge in [0.15, 0.2) is 6.23 Å². The van der Waals surface area contributed by atoms with Crippen molar-refractivity contribution < 1.29 is 23.7 Å². The first kappa shape index (κ1) is 15.2. The molecule has 16 heavy (non-hydrogen) atoms. The van der Waals surface area contributed by atoms with Crippen molar-refractivity contribution in [3.63, 3.8) is 0 Å². The summed E-state index contributed by atoms with van der Waals surface area (Å²) in [4.78, 5) is 11.2. The Bertz CT molecular complexity index is 188. The molecule has 1 amide bonds. The third-order valence-corrected chi connectivity index (χ3v) is 1.69. The highest BCUT2D eigenvalue weighted by molar-refractivity contribution is 5.67. The lowest BCUT2D eigenvalue weighted by Crippen LogP contribution is -2.47. The summed E-state index contributed by atoms with van der Waals surface area (Å²) in [6.45, 7) is 6.58. The Morgan fingerprint density at radius 3 is 2.19 bits per heavy atom. The van der Waals surface area contributed by atoms with E-state index in [2.05, 4.69) is 5.32 Å². The number of hydrogen-bond acceptors (Lipinski definition) is 5. The molecule has 0 rings (SSSR count). The Kier molecular flexibility index (Phi) is 8.88. The smallest absolute Gasteiger partial charge is 0.409 e. The average molecular weight is 235 g/mol. The predicted octanol–water partition coefficient (Wildman–Crippen LogP) is 1.10. The number of rotatable bonds is 8. The van der Waals surface area contributed by atoms with Gasteiger partial charge in [0.1, 0.15) is 0 Å². The van der Waals surface area contributed by atoms with E-state index >= 15 is 0 Å². The highest BCUT2D eigenvalue weighted by Gasteiger charge is 2.24. The van der Waals surface area contributed by atoms with Crippen LogP contribution < -0.4 is 5.32 Å². The van der Waals surface area contributed by atoms with E-state index in [0.29, 0.717) is 19.8 Å². The van der Waals surface area contributed by atoms with Gasteiger partial charge < -0.3 is 18.9 Å². The predicted molar refractivity (Wildman–Crippen MR) is 58.0 cm³/mol. The second kappa shape index (κ2) is 9.38. The Balaban J connectivity index is 4.26. The molecule has 6 heteroatoms. The van der Waals surface area contributed by atoms with Gasteiger partial charge in [0.25, 0.3) is 0 Å². The van der Waals surface area contributed by atoms with Gasteiger partial charge >= 0.3 is 6.09 Å². The standard InChI is InChI=1S/C10H21NO5/c1-5-14-8(9(13-4)15-6-2)11-10(12)16-7-3/h8-9H,5-7H2,1-4H3,(H,11,12). The van der Waals surface area contributed by atoms with Gasteiger partial charge in [-0.05, 0) is 20.8 Å². The lowest BCUT2D eigenvalue weighted by molar-refractivity contribution is -0.197. The van der Waals surface area contributed by atoms with Crippen molar-refractivity contribution >= 4 is 6.09 Å². The van der Waals surface area contributed by atoms with E-state index in [1.807, 2.05) is 13.8 Å². The van der Waals surface area contributed by atoms with Crippen LogP contribution in [-0.2, 0) is 18.9 Å². The molecular weight excluding hydrogens is 214 g/mol. The summed E-state index contributed by atoms with van der Waals surface area (Å²) in [5, 5.41) is 2.52. The highest BCUT2D eigenvalue weighted by atomic mass is 16.7. The van der Waals surface area contributed by atoms with E-state index in [1.165, 1.54) is 7.11 Å². The van der Waals surface area contributed by atoms with Crippen LogP contribution in [0.3, 0.4) is 0 Å². The monoisotopic (exact) mass is 235 g/mol. The van der Waals surface area contributed by atoms with Crippen molar-refractivity contribution in [2.75, 3.05) is 26.9 Å². The van der Waals surface area contributed by atoms with Crippen molar-refractivity contribution in [1.82, 2.24) is 5.32 Å². The molecule has 0 fully saturated rings. The maximum atomic E-state index is 11.2. The third kappa shape index (κ3) is 5.89. The highest BCUT2D eigenvalue weighted by Crippen LogP contribution is 2.03. The minimum atomic E-state index is -0.672. The molecule has 0 aromatic carbocycles. The maximum Gasteiger partial charge on any atom is 0.409 e. The van der Waals surface area contributed by atoms with Crippen molar-refractivity contribution in [2.24, 2.45) is 0 Å². The van der Waals surface area contributed by atoms with Crippen LogP contribution in [0.2, 0.25) is 0 Å². The molecule has 0 aliphatic heterocycles. The van der Waals surface area contributed by atoms with Gasteiger partial charge in [-0.25, -0.2) is 4.79 Å². The molecule has 1 N–H and O–H groups in total. The molecule has 0 aromatic heterocycles. The van der Waals surface area contributed by atoms with E-state index in [1.54, 1.807) is 6.92 Å². The number of ether oxygens (including phenoxy) is 4. The number of carbonyl (C=O) groups is 1. The van der Waals surface area contributed by atoms with E-state index in [4.69, 9.17) is 18.9 Å². The SMILES string of the molecule is CCOC(=O)NC(OCC)C(OC)OCC. The average Bonchev–Trinajstić information content (AvgIpc) is 2.25. The van der Waals surface area contributed by atoms with Crippen LogP contribution in [0.15, 0.2) is 0 Å². The molecule has 0 aliphatic rings. The van der Waals surface area contributed by atoms with Crippen molar-refractivity contribution in [3.8, 4) is 0 Å². The van der Waals surface area contributed by atoms with E-state index in [0.717, 1.165) is 0 Å². The molecule has 6 nitrogen and oxygen atoms in total. The molecule has 2 unspecified atom stereocenters. The van der Waals surface area contributed by atoms with Gasteiger partial charge in [0.2, 0.25) is 6.29 Å². The fraction of sp³-hybridized carbons (Fsp3) is 0.900. The van der Waals surface area contributed by atoms with Crippen LogP contribution in [-0.4, -0.2) is 45.5 Å². The summed E-state index contributed by atoms with van der Waals surface area (Å²) >= 11 is 0. The summed E-state index contributed by atoms with van der Waals surface area (Å²) in [6.07, 6.45) is -1.87. The maximum absolute atomic E-state index is 11.2. The molecule has 0 spiro atoms. The lowest BCUT2D eigenvalue weighted by Gasteiger charge is -2.25. The molecule has 0 bridgehead atoms. The first-order valence-electron chi connectivity index (χ1n) is 5.38. The Hall–Kier alpha value is -0.850. The van der Waals surface area contributed by atoms with Gasteiger partial charge in [-0.15, -0.1) is 0 Å². The first-order chi connectivity index (χ1) is 7.69. The van der Waals surface area contributed by atoms with Crippen LogP contribution in [0, 0.1) is 0 Å². The number of methoxy groups -OCH3 is 1. The lowest BCUT2D eigenvalue weighted by atomic mass is 10.5. The Morgan fingerprint density at radius 1 is 1.12 bits per heavy atom. The van der Waals surface area contributed by atoms with Crippen LogP contribution in [0.4, 0.5) is 4.79 Å². The zero-order valence-corrected chi connectivity index (χ0v) is 10.3. The van der Waals surface area contributed by atoms with Crippen molar-refractivity contribution in [2.45, 2.75) is 33.3 Å². The summed E-state index contributed by atoms with van der Waals surface area (Å²) in [7, 11) is 1.49. The zero-order valence-electron chi connectivity index (χ0n) is 10.3. The number of hydrogen-bond donors (Lipinski definition) is 1. The summed E-state index contributed by atoms with van der Waals surface area (Å²) in [5.74, 6) is 0. The van der Waals surface area contributed by atoms with Gasteiger partial charge in [0.05, 0.1) is 6.61 Å². The fourth-order valence-corrected chi connectivity index (χ4v) is 1.10. The van der Waals surface area contributed by atoms with Crippen LogP contribution in [0.1, 0.15) is 20.8 Å². The normalized spacial score (nSPS) is 14.2. The van der Waals surface area contributed by atoms with Gasteiger partial charge in [0, 0.05) is 20.3 Å². The van der Waals surface area contributed by atoms with Crippen LogP contribution in [0.25, 0.3) is 0 Å². The second-order valence-electron chi connectivity index (χ2n) is 2.80. The molecular formula is C10H21NO5. The number of amides is 1. The Morgan fingerprint density at radius 2 is 1.75 bits per heavy atom. The largest absolute Gasteiger partial charge is 0.450 e. The van der Waals surface area contributed by atoms with Crippen LogP contribution in [0.5, 0.6) is 0 Å². The molecule has 0 radical (unpaired) electrons. The first-order valence-corrected chi connectivity index (χ1v) is 5.38. The second-order valence-corrected chi connectivity index (χ2v) is 2.80. The third-order valence-electron chi connectivity index (χ3n) is 1.69. The van der Waals surface area contributed by atoms with Crippen LogP contribution >= 0.6 is 0 Å². The molecule has 2 atom stereocenters. The minimum absolute atomic E-state index is 0.303. The Labute approximate surface area is 96.2 Å². The number of alkyl carbamates (subject to hydrolysis) is 1. The van der Waals surface area contributed by atoms with Crippen molar-refractivity contribution in [1.29, 1.82) is 0 Å². The van der Waals surface area contributed by atoms with E-state index in [-0.39, 0.29) is 0 Å².